The zero-order valence-electron chi connectivity index (χ0n) is 19.2. The van der Waals surface area contributed by atoms with E-state index in [9.17, 15) is 9.90 Å². The molecule has 2 aromatic carbocycles. The number of carbonyl (C=O) groups is 1. The van der Waals surface area contributed by atoms with Crippen LogP contribution in [0.2, 0.25) is 5.04 Å². The Morgan fingerprint density at radius 1 is 1.00 bits per heavy atom. The van der Waals surface area contributed by atoms with E-state index in [0.29, 0.717) is 13.0 Å². The van der Waals surface area contributed by atoms with Gasteiger partial charge in [-0.25, -0.2) is 0 Å². The quantitative estimate of drug-likeness (QED) is 0.441. The number of carboxylic acid groups (broad SMARTS) is 1. The van der Waals surface area contributed by atoms with Gasteiger partial charge in [-0.3, -0.25) is 4.79 Å². The number of hydrogen-bond acceptors (Lipinski definition) is 2. The molecular weight excluding hydrogens is 388 g/mol. The maximum absolute atomic E-state index is 11.2. The summed E-state index contributed by atoms with van der Waals surface area (Å²) in [6.07, 6.45) is 2.73. The van der Waals surface area contributed by atoms with Gasteiger partial charge in [-0.05, 0) is 34.7 Å². The third-order valence-corrected chi connectivity index (χ3v) is 10.6. The lowest BCUT2D eigenvalue weighted by Gasteiger charge is -2.43. The van der Waals surface area contributed by atoms with Gasteiger partial charge in [-0.1, -0.05) is 107 Å². The number of aliphatic carboxylic acids is 1. The molecule has 0 heterocycles. The minimum atomic E-state index is -2.54. The predicted molar refractivity (Wildman–Crippen MR) is 128 cm³/mol. The molecule has 0 radical (unpaired) electrons. The molecule has 0 spiro atoms. The van der Waals surface area contributed by atoms with Crippen molar-refractivity contribution in [3.63, 3.8) is 0 Å². The van der Waals surface area contributed by atoms with Gasteiger partial charge in [-0.15, -0.1) is 0 Å². The number of allylic oxidation sites excluding steroid dienone is 1. The molecule has 0 aliphatic heterocycles. The maximum atomic E-state index is 11.2. The van der Waals surface area contributed by atoms with E-state index in [0.717, 1.165) is 5.57 Å². The molecule has 0 fully saturated rings. The molecule has 0 aliphatic rings. The average Bonchev–Trinajstić information content (AvgIpc) is 2.68. The van der Waals surface area contributed by atoms with Gasteiger partial charge in [0.05, 0.1) is 5.92 Å². The van der Waals surface area contributed by atoms with E-state index in [4.69, 9.17) is 4.43 Å². The summed E-state index contributed by atoms with van der Waals surface area (Å²) in [5, 5.41) is 11.7. The molecule has 3 nitrogen and oxygen atoms in total. The summed E-state index contributed by atoms with van der Waals surface area (Å²) >= 11 is 0. The third-order valence-electron chi connectivity index (χ3n) is 5.60. The minimum Gasteiger partial charge on any atom is -0.481 e. The summed E-state index contributed by atoms with van der Waals surface area (Å²) in [7, 11) is -2.54. The van der Waals surface area contributed by atoms with Gasteiger partial charge in [0.2, 0.25) is 0 Å². The van der Waals surface area contributed by atoms with Crippen LogP contribution in [0.5, 0.6) is 0 Å². The first kappa shape index (κ1) is 24.1. The van der Waals surface area contributed by atoms with Gasteiger partial charge >= 0.3 is 5.97 Å². The van der Waals surface area contributed by atoms with E-state index in [-0.39, 0.29) is 16.9 Å². The molecule has 0 bridgehead atoms. The van der Waals surface area contributed by atoms with Crippen LogP contribution in [-0.4, -0.2) is 26.0 Å². The molecule has 4 heteroatoms. The number of hydrogen-bond donors (Lipinski definition) is 1. The Balaban J connectivity index is 2.36. The number of rotatable bonds is 9. The van der Waals surface area contributed by atoms with Gasteiger partial charge in [0.25, 0.3) is 8.32 Å². The van der Waals surface area contributed by atoms with Crippen molar-refractivity contribution in [1.29, 1.82) is 0 Å². The second-order valence-corrected chi connectivity index (χ2v) is 13.7. The lowest BCUT2D eigenvalue weighted by Crippen LogP contribution is -2.66. The van der Waals surface area contributed by atoms with Gasteiger partial charge in [-0.2, -0.15) is 0 Å². The molecular formula is C26H36O3Si. The van der Waals surface area contributed by atoms with Crippen LogP contribution in [0.3, 0.4) is 0 Å². The summed E-state index contributed by atoms with van der Waals surface area (Å²) in [6.45, 7) is 13.3. The molecule has 162 valence electrons. The Morgan fingerprint density at radius 3 is 1.87 bits per heavy atom. The molecule has 1 N–H and O–H groups in total. The van der Waals surface area contributed by atoms with E-state index in [1.807, 2.05) is 6.92 Å². The smallest absolute Gasteiger partial charge is 0.306 e. The minimum absolute atomic E-state index is 0.0496. The van der Waals surface area contributed by atoms with Crippen molar-refractivity contribution < 1.29 is 14.3 Å². The van der Waals surface area contributed by atoms with Crippen molar-refractivity contribution in [3.05, 3.63) is 72.3 Å². The van der Waals surface area contributed by atoms with Crippen molar-refractivity contribution in [2.45, 2.75) is 53.0 Å². The standard InChI is InChI=1S/C26H36O3Si/c1-20(18-22(3)25(27)28)17-21(2)19-29-30(26(4,5)6,23-13-9-7-10-14-23)24-15-11-8-12-16-24/h7-17,21-22H,18-19H2,1-6H3,(H,27,28)/b20-17+/t21-,22-/m0/s1. The van der Waals surface area contributed by atoms with Crippen molar-refractivity contribution in [2.75, 3.05) is 6.61 Å². The molecule has 2 atom stereocenters. The van der Waals surface area contributed by atoms with Crippen LogP contribution in [-0.2, 0) is 9.22 Å². The SMILES string of the molecule is C/C(=C\[C@H](C)CO[Si](c1ccccc1)(c1ccccc1)C(C)(C)C)C[C@H](C)C(=O)O. The second kappa shape index (κ2) is 10.2. The summed E-state index contributed by atoms with van der Waals surface area (Å²) in [6, 6.07) is 21.3. The summed E-state index contributed by atoms with van der Waals surface area (Å²) in [5.74, 6) is -0.919. The Morgan fingerprint density at radius 2 is 1.47 bits per heavy atom. The lowest BCUT2D eigenvalue weighted by molar-refractivity contribution is -0.141. The Hall–Kier alpha value is -2.17. The van der Waals surface area contributed by atoms with Crippen LogP contribution >= 0.6 is 0 Å². The van der Waals surface area contributed by atoms with Crippen molar-refractivity contribution in [3.8, 4) is 0 Å². The molecule has 0 amide bonds. The monoisotopic (exact) mass is 424 g/mol. The zero-order chi connectivity index (χ0) is 22.4. The third kappa shape index (κ3) is 5.70. The van der Waals surface area contributed by atoms with Gasteiger partial charge in [0.1, 0.15) is 0 Å². The first-order valence-electron chi connectivity index (χ1n) is 10.7. The van der Waals surface area contributed by atoms with Crippen LogP contribution in [0.15, 0.2) is 72.3 Å². The zero-order valence-corrected chi connectivity index (χ0v) is 20.2. The van der Waals surface area contributed by atoms with Crippen molar-refractivity contribution in [1.82, 2.24) is 0 Å². The predicted octanol–water partition coefficient (Wildman–Crippen LogP) is 5.26. The van der Waals surface area contributed by atoms with Crippen LogP contribution in [0.1, 0.15) is 48.0 Å². The Kier molecular flexibility index (Phi) is 8.22. The Bertz CT molecular complexity index is 798. The molecule has 0 unspecified atom stereocenters. The number of carboxylic acids is 1. The highest BCUT2D eigenvalue weighted by Gasteiger charge is 2.50. The molecule has 0 aliphatic carbocycles. The fourth-order valence-electron chi connectivity index (χ4n) is 4.19. The van der Waals surface area contributed by atoms with Crippen LogP contribution in [0.4, 0.5) is 0 Å². The molecule has 2 rings (SSSR count). The normalized spacial score (nSPS) is 14.9. The van der Waals surface area contributed by atoms with Gasteiger partial charge in [0, 0.05) is 6.61 Å². The first-order valence-corrected chi connectivity index (χ1v) is 12.6. The van der Waals surface area contributed by atoms with E-state index in [2.05, 4.69) is 94.4 Å². The molecule has 0 saturated heterocycles. The lowest BCUT2D eigenvalue weighted by atomic mass is 9.99. The van der Waals surface area contributed by atoms with E-state index in [1.54, 1.807) is 6.92 Å². The van der Waals surface area contributed by atoms with Crippen LogP contribution in [0.25, 0.3) is 0 Å². The Labute approximate surface area is 182 Å². The highest BCUT2D eigenvalue weighted by molar-refractivity contribution is 6.99. The van der Waals surface area contributed by atoms with E-state index >= 15 is 0 Å². The molecule has 0 saturated carbocycles. The highest BCUT2D eigenvalue weighted by Crippen LogP contribution is 2.37. The topological polar surface area (TPSA) is 46.5 Å². The van der Waals surface area contributed by atoms with Crippen LogP contribution < -0.4 is 10.4 Å². The summed E-state index contributed by atoms with van der Waals surface area (Å²) in [4.78, 5) is 11.2. The fourth-order valence-corrected chi connectivity index (χ4v) is 8.86. The average molecular weight is 425 g/mol. The first-order chi connectivity index (χ1) is 14.1. The molecule has 30 heavy (non-hydrogen) atoms. The summed E-state index contributed by atoms with van der Waals surface area (Å²) in [5.41, 5.74) is 1.10. The maximum Gasteiger partial charge on any atom is 0.306 e. The van der Waals surface area contributed by atoms with E-state index in [1.165, 1.54) is 10.4 Å². The number of benzene rings is 2. The largest absolute Gasteiger partial charge is 0.481 e. The van der Waals surface area contributed by atoms with Gasteiger partial charge < -0.3 is 9.53 Å². The highest BCUT2D eigenvalue weighted by atomic mass is 28.4. The second-order valence-electron chi connectivity index (χ2n) is 9.41. The molecule has 2 aromatic rings. The molecule has 0 aromatic heterocycles. The van der Waals surface area contributed by atoms with Crippen LogP contribution in [0, 0.1) is 11.8 Å². The van der Waals surface area contributed by atoms with Crippen molar-refractivity contribution in [2.24, 2.45) is 11.8 Å². The van der Waals surface area contributed by atoms with Crippen molar-refractivity contribution >= 4 is 24.7 Å². The fraction of sp³-hybridized carbons (Fsp3) is 0.423. The summed E-state index contributed by atoms with van der Waals surface area (Å²) < 4.78 is 6.96. The van der Waals surface area contributed by atoms with Gasteiger partial charge in [0.15, 0.2) is 0 Å². The van der Waals surface area contributed by atoms with E-state index < -0.39 is 14.3 Å².